The molecule has 20 heavy (non-hydrogen) atoms. The van der Waals surface area contributed by atoms with Gasteiger partial charge < -0.3 is 16.2 Å². The molecule has 102 valence electrons. The summed E-state index contributed by atoms with van der Waals surface area (Å²) in [5.41, 5.74) is 8.14. The lowest BCUT2D eigenvalue weighted by Crippen LogP contribution is -2.11. The maximum atomic E-state index is 10.1. The predicted molar refractivity (Wildman–Crippen MR) is 83.9 cm³/mol. The van der Waals surface area contributed by atoms with Gasteiger partial charge in [0.2, 0.25) is 0 Å². The van der Waals surface area contributed by atoms with E-state index >= 15 is 0 Å². The standard InChI is InChI=1S/C15H15N3OS/c16-11-7-5-10(6-8-11)13(19)9-17-15-18-12-3-1-2-4-14(12)20-15/h1-8,13,19H,9,16H2,(H,17,18). The number of nitrogens with one attached hydrogen (secondary N) is 1. The van der Waals surface area contributed by atoms with Crippen molar-refractivity contribution in [3.8, 4) is 0 Å². The zero-order valence-corrected chi connectivity index (χ0v) is 11.6. The van der Waals surface area contributed by atoms with Crippen molar-refractivity contribution in [2.24, 2.45) is 0 Å². The monoisotopic (exact) mass is 285 g/mol. The van der Waals surface area contributed by atoms with Crippen LogP contribution in [0, 0.1) is 0 Å². The second-order valence-electron chi connectivity index (χ2n) is 4.55. The molecule has 0 spiro atoms. The first-order valence-corrected chi connectivity index (χ1v) is 7.17. The molecule has 0 amide bonds. The average Bonchev–Trinajstić information content (AvgIpc) is 2.88. The molecule has 0 fully saturated rings. The average molecular weight is 285 g/mol. The lowest BCUT2D eigenvalue weighted by atomic mass is 10.1. The number of thiazole rings is 1. The van der Waals surface area contributed by atoms with E-state index in [1.165, 1.54) is 0 Å². The van der Waals surface area contributed by atoms with Crippen LogP contribution in [0.5, 0.6) is 0 Å². The smallest absolute Gasteiger partial charge is 0.183 e. The highest BCUT2D eigenvalue weighted by atomic mass is 32.1. The summed E-state index contributed by atoms with van der Waals surface area (Å²) in [6.07, 6.45) is -0.581. The Morgan fingerprint density at radius 3 is 2.65 bits per heavy atom. The molecule has 1 unspecified atom stereocenters. The van der Waals surface area contributed by atoms with Crippen molar-refractivity contribution in [1.82, 2.24) is 4.98 Å². The van der Waals surface area contributed by atoms with Gasteiger partial charge in [0.1, 0.15) is 0 Å². The Hall–Kier alpha value is -2.11. The number of hydrogen-bond donors (Lipinski definition) is 3. The number of para-hydroxylation sites is 1. The quantitative estimate of drug-likeness (QED) is 0.644. The van der Waals surface area contributed by atoms with Crippen molar-refractivity contribution in [3.63, 3.8) is 0 Å². The fourth-order valence-corrected chi connectivity index (χ4v) is 2.84. The Bertz CT molecular complexity index is 675. The molecular formula is C15H15N3OS. The molecule has 1 heterocycles. The molecule has 3 aromatic rings. The van der Waals surface area contributed by atoms with Crippen molar-refractivity contribution in [2.75, 3.05) is 17.6 Å². The molecule has 4 nitrogen and oxygen atoms in total. The number of nitrogens with two attached hydrogens (primary N) is 1. The molecule has 0 radical (unpaired) electrons. The molecule has 0 saturated carbocycles. The van der Waals surface area contributed by atoms with Crippen LogP contribution in [0.4, 0.5) is 10.8 Å². The first kappa shape index (κ1) is 12.9. The number of aliphatic hydroxyl groups excluding tert-OH is 1. The van der Waals surface area contributed by atoms with Crippen LogP contribution < -0.4 is 11.1 Å². The minimum absolute atomic E-state index is 0.420. The van der Waals surface area contributed by atoms with Crippen molar-refractivity contribution in [1.29, 1.82) is 0 Å². The summed E-state index contributed by atoms with van der Waals surface area (Å²) in [5.74, 6) is 0. The zero-order valence-electron chi connectivity index (χ0n) is 10.8. The molecule has 0 saturated heterocycles. The first-order chi connectivity index (χ1) is 9.72. The summed E-state index contributed by atoms with van der Waals surface area (Å²) in [6.45, 7) is 0.420. The van der Waals surface area contributed by atoms with E-state index in [9.17, 15) is 5.11 Å². The number of aliphatic hydroxyl groups is 1. The minimum Gasteiger partial charge on any atom is -0.399 e. The van der Waals surface area contributed by atoms with Gasteiger partial charge in [0.05, 0.1) is 16.3 Å². The molecule has 5 heteroatoms. The van der Waals surface area contributed by atoms with Crippen molar-refractivity contribution in [3.05, 3.63) is 54.1 Å². The van der Waals surface area contributed by atoms with E-state index in [0.29, 0.717) is 12.2 Å². The van der Waals surface area contributed by atoms with Crippen LogP contribution in [-0.4, -0.2) is 16.6 Å². The largest absolute Gasteiger partial charge is 0.399 e. The number of nitrogen functional groups attached to an aromatic ring is 1. The number of nitrogens with zero attached hydrogens (tertiary/aromatic N) is 1. The third-order valence-corrected chi connectivity index (χ3v) is 4.06. The highest BCUT2D eigenvalue weighted by molar-refractivity contribution is 7.22. The van der Waals surface area contributed by atoms with Crippen LogP contribution in [0.3, 0.4) is 0 Å². The maximum Gasteiger partial charge on any atom is 0.183 e. The van der Waals surface area contributed by atoms with Gasteiger partial charge in [-0.3, -0.25) is 0 Å². The number of fused-ring (bicyclic) bond motifs is 1. The molecule has 0 aliphatic heterocycles. The van der Waals surface area contributed by atoms with Gasteiger partial charge in [0.25, 0.3) is 0 Å². The fourth-order valence-electron chi connectivity index (χ4n) is 1.97. The van der Waals surface area contributed by atoms with E-state index in [2.05, 4.69) is 10.3 Å². The summed E-state index contributed by atoms with van der Waals surface area (Å²) < 4.78 is 1.14. The Labute approximate surface area is 120 Å². The van der Waals surface area contributed by atoms with E-state index in [1.54, 1.807) is 23.5 Å². The van der Waals surface area contributed by atoms with Crippen LogP contribution in [0.25, 0.3) is 10.2 Å². The third kappa shape index (κ3) is 2.74. The van der Waals surface area contributed by atoms with Crippen molar-refractivity contribution in [2.45, 2.75) is 6.10 Å². The van der Waals surface area contributed by atoms with Crippen LogP contribution >= 0.6 is 11.3 Å². The Kier molecular flexibility index (Phi) is 3.54. The van der Waals surface area contributed by atoms with Gasteiger partial charge in [-0.25, -0.2) is 4.98 Å². The highest BCUT2D eigenvalue weighted by Crippen LogP contribution is 2.26. The molecule has 0 aliphatic carbocycles. The number of benzene rings is 2. The van der Waals surface area contributed by atoms with Gasteiger partial charge in [-0.05, 0) is 29.8 Å². The fraction of sp³-hybridized carbons (Fsp3) is 0.133. The Balaban J connectivity index is 1.68. The van der Waals surface area contributed by atoms with Gasteiger partial charge in [-0.1, -0.05) is 35.6 Å². The van der Waals surface area contributed by atoms with Gasteiger partial charge in [-0.2, -0.15) is 0 Å². The predicted octanol–water partition coefficient (Wildman–Crippen LogP) is 3.02. The second-order valence-corrected chi connectivity index (χ2v) is 5.58. The topological polar surface area (TPSA) is 71.2 Å². The summed E-state index contributed by atoms with van der Waals surface area (Å²) in [7, 11) is 0. The van der Waals surface area contributed by atoms with Crippen LogP contribution in [-0.2, 0) is 0 Å². The zero-order chi connectivity index (χ0) is 13.9. The summed E-state index contributed by atoms with van der Waals surface area (Å²) in [6, 6.07) is 15.2. The molecule has 0 aliphatic rings. The number of anilines is 2. The second kappa shape index (κ2) is 5.48. The maximum absolute atomic E-state index is 10.1. The van der Waals surface area contributed by atoms with E-state index < -0.39 is 6.10 Å². The molecule has 3 rings (SSSR count). The summed E-state index contributed by atoms with van der Waals surface area (Å²) in [5, 5.41) is 14.1. The first-order valence-electron chi connectivity index (χ1n) is 6.35. The summed E-state index contributed by atoms with van der Waals surface area (Å²) in [4.78, 5) is 4.47. The normalized spacial score (nSPS) is 12.4. The van der Waals surface area contributed by atoms with Crippen molar-refractivity contribution < 1.29 is 5.11 Å². The van der Waals surface area contributed by atoms with Crippen LogP contribution in [0.1, 0.15) is 11.7 Å². The Morgan fingerprint density at radius 2 is 1.90 bits per heavy atom. The lowest BCUT2D eigenvalue weighted by molar-refractivity contribution is 0.191. The van der Waals surface area contributed by atoms with Crippen LogP contribution in [0.2, 0.25) is 0 Å². The minimum atomic E-state index is -0.581. The van der Waals surface area contributed by atoms with E-state index in [-0.39, 0.29) is 0 Å². The SMILES string of the molecule is Nc1ccc(C(O)CNc2nc3ccccc3s2)cc1. The lowest BCUT2D eigenvalue weighted by Gasteiger charge is -2.11. The molecule has 4 N–H and O–H groups in total. The van der Waals surface area contributed by atoms with E-state index in [1.807, 2.05) is 36.4 Å². The van der Waals surface area contributed by atoms with Crippen LogP contribution in [0.15, 0.2) is 48.5 Å². The van der Waals surface area contributed by atoms with Gasteiger partial charge >= 0.3 is 0 Å². The van der Waals surface area contributed by atoms with Gasteiger partial charge in [0, 0.05) is 12.2 Å². The molecule has 1 atom stereocenters. The van der Waals surface area contributed by atoms with Gasteiger partial charge in [0.15, 0.2) is 5.13 Å². The third-order valence-electron chi connectivity index (χ3n) is 3.06. The van der Waals surface area contributed by atoms with Gasteiger partial charge in [-0.15, -0.1) is 0 Å². The molecular weight excluding hydrogens is 270 g/mol. The highest BCUT2D eigenvalue weighted by Gasteiger charge is 2.09. The number of hydrogen-bond acceptors (Lipinski definition) is 5. The van der Waals surface area contributed by atoms with E-state index in [4.69, 9.17) is 5.73 Å². The number of rotatable bonds is 4. The number of aromatic nitrogens is 1. The molecule has 2 aromatic carbocycles. The molecule has 1 aromatic heterocycles. The van der Waals surface area contributed by atoms with E-state index in [0.717, 1.165) is 20.9 Å². The molecule has 0 bridgehead atoms. The Morgan fingerprint density at radius 1 is 1.15 bits per heavy atom. The van der Waals surface area contributed by atoms with Crippen molar-refractivity contribution >= 4 is 32.4 Å². The summed E-state index contributed by atoms with van der Waals surface area (Å²) >= 11 is 1.58.